The molecule has 0 bridgehead atoms. The lowest BCUT2D eigenvalue weighted by atomic mass is 10.1. The minimum absolute atomic E-state index is 0.00678. The van der Waals surface area contributed by atoms with Crippen LogP contribution in [0.1, 0.15) is 21.8 Å². The first-order valence-electron chi connectivity index (χ1n) is 7.15. The molecule has 1 heterocycles. The van der Waals surface area contributed by atoms with Gasteiger partial charge in [-0.25, -0.2) is 8.78 Å². The summed E-state index contributed by atoms with van der Waals surface area (Å²) in [6.45, 7) is 1.93. The lowest BCUT2D eigenvalue weighted by Gasteiger charge is -2.03. The van der Waals surface area contributed by atoms with Crippen molar-refractivity contribution < 1.29 is 18.0 Å². The molecule has 0 fully saturated rings. The molecule has 0 saturated heterocycles. The average Bonchev–Trinajstić information content (AvgIpc) is 3.04. The first kappa shape index (κ1) is 15.8. The Kier molecular flexibility index (Phi) is 4.33. The molecule has 0 aliphatic rings. The van der Waals surface area contributed by atoms with Gasteiger partial charge < -0.3 is 9.73 Å². The summed E-state index contributed by atoms with van der Waals surface area (Å²) in [7, 11) is 0. The number of carbonyl (C=O) groups excluding carboxylic acids is 1. The van der Waals surface area contributed by atoms with E-state index >= 15 is 0 Å². The monoisotopic (exact) mass is 329 g/mol. The first-order chi connectivity index (χ1) is 11.5. The molecule has 0 radical (unpaired) electrons. The second-order valence-corrected chi connectivity index (χ2v) is 5.18. The Labute approximate surface area is 136 Å². The predicted molar refractivity (Wildman–Crippen MR) is 82.0 cm³/mol. The molecule has 5 nitrogen and oxygen atoms in total. The van der Waals surface area contributed by atoms with E-state index in [-0.39, 0.29) is 18.0 Å². The van der Waals surface area contributed by atoms with Gasteiger partial charge in [-0.05, 0) is 37.3 Å². The zero-order valence-corrected chi connectivity index (χ0v) is 12.7. The highest BCUT2D eigenvalue weighted by Crippen LogP contribution is 2.18. The van der Waals surface area contributed by atoms with Gasteiger partial charge in [0, 0.05) is 11.1 Å². The summed E-state index contributed by atoms with van der Waals surface area (Å²) in [5.74, 6) is -2.10. The molecule has 24 heavy (non-hydrogen) atoms. The zero-order chi connectivity index (χ0) is 17.1. The second-order valence-electron chi connectivity index (χ2n) is 5.18. The third-order valence-electron chi connectivity index (χ3n) is 3.31. The number of aryl methyl sites for hydroxylation is 1. The summed E-state index contributed by atoms with van der Waals surface area (Å²) >= 11 is 0. The molecule has 7 heteroatoms. The molecule has 1 N–H and O–H groups in total. The minimum Gasteiger partial charge on any atom is -0.419 e. The molecule has 0 aliphatic carbocycles. The van der Waals surface area contributed by atoms with E-state index in [4.69, 9.17) is 4.42 Å². The van der Waals surface area contributed by atoms with E-state index in [9.17, 15) is 13.6 Å². The van der Waals surface area contributed by atoms with Crippen LogP contribution < -0.4 is 5.32 Å². The lowest BCUT2D eigenvalue weighted by Crippen LogP contribution is -2.23. The van der Waals surface area contributed by atoms with Crippen molar-refractivity contribution in [2.24, 2.45) is 0 Å². The summed E-state index contributed by atoms with van der Waals surface area (Å²) in [4.78, 5) is 11.9. The quantitative estimate of drug-likeness (QED) is 0.798. The van der Waals surface area contributed by atoms with Crippen molar-refractivity contribution in [2.45, 2.75) is 13.5 Å². The number of nitrogens with one attached hydrogen (secondary N) is 1. The van der Waals surface area contributed by atoms with Crippen molar-refractivity contribution in [3.8, 4) is 11.5 Å². The van der Waals surface area contributed by atoms with Gasteiger partial charge in [0.05, 0.1) is 6.54 Å². The van der Waals surface area contributed by atoms with Gasteiger partial charge in [0.25, 0.3) is 5.91 Å². The van der Waals surface area contributed by atoms with Gasteiger partial charge in [-0.15, -0.1) is 10.2 Å². The molecule has 3 aromatic rings. The fraction of sp³-hybridized carbons (Fsp3) is 0.118. The van der Waals surface area contributed by atoms with Crippen molar-refractivity contribution >= 4 is 5.91 Å². The Balaban J connectivity index is 1.67. The predicted octanol–water partition coefficient (Wildman–Crippen LogP) is 3.25. The maximum atomic E-state index is 13.1. The molecule has 0 unspecified atom stereocenters. The molecule has 0 aliphatic heterocycles. The number of benzene rings is 2. The van der Waals surface area contributed by atoms with E-state index in [1.165, 1.54) is 6.07 Å². The van der Waals surface area contributed by atoms with Crippen LogP contribution in [0, 0.1) is 18.6 Å². The molecule has 0 spiro atoms. The van der Waals surface area contributed by atoms with E-state index in [2.05, 4.69) is 15.5 Å². The third kappa shape index (κ3) is 3.45. The summed E-state index contributed by atoms with van der Waals surface area (Å²) in [5, 5.41) is 10.3. The summed E-state index contributed by atoms with van der Waals surface area (Å²) in [6.07, 6.45) is 0. The van der Waals surface area contributed by atoms with Crippen LogP contribution in [0.2, 0.25) is 0 Å². The topological polar surface area (TPSA) is 68.0 Å². The molecular weight excluding hydrogens is 316 g/mol. The maximum Gasteiger partial charge on any atom is 0.251 e. The third-order valence-corrected chi connectivity index (χ3v) is 3.31. The highest BCUT2D eigenvalue weighted by atomic mass is 19.2. The van der Waals surface area contributed by atoms with Gasteiger partial charge >= 0.3 is 0 Å². The Morgan fingerprint density at radius 2 is 1.96 bits per heavy atom. The number of aromatic nitrogens is 2. The normalized spacial score (nSPS) is 10.6. The van der Waals surface area contributed by atoms with Crippen LogP contribution in [-0.2, 0) is 6.54 Å². The van der Waals surface area contributed by atoms with Crippen LogP contribution in [0.4, 0.5) is 8.78 Å². The van der Waals surface area contributed by atoms with Gasteiger partial charge in [-0.3, -0.25) is 4.79 Å². The summed E-state index contributed by atoms with van der Waals surface area (Å²) in [5.41, 5.74) is 1.84. The molecule has 1 aromatic heterocycles. The van der Waals surface area contributed by atoms with Crippen molar-refractivity contribution in [2.75, 3.05) is 0 Å². The van der Waals surface area contributed by atoms with Gasteiger partial charge in [0.15, 0.2) is 11.6 Å². The molecule has 0 atom stereocenters. The Bertz CT molecular complexity index is 893. The highest BCUT2D eigenvalue weighted by Gasteiger charge is 2.12. The Morgan fingerprint density at radius 1 is 1.12 bits per heavy atom. The van der Waals surface area contributed by atoms with E-state index in [0.29, 0.717) is 5.89 Å². The molecule has 1 amide bonds. The smallest absolute Gasteiger partial charge is 0.251 e. The number of nitrogens with zero attached hydrogens (tertiary/aromatic N) is 2. The van der Waals surface area contributed by atoms with Gasteiger partial charge in [-0.1, -0.05) is 17.7 Å². The van der Waals surface area contributed by atoms with Crippen molar-refractivity contribution in [1.82, 2.24) is 15.5 Å². The van der Waals surface area contributed by atoms with Crippen LogP contribution >= 0.6 is 0 Å². The van der Waals surface area contributed by atoms with Crippen LogP contribution in [0.15, 0.2) is 46.9 Å². The molecule has 3 rings (SSSR count). The molecule has 122 valence electrons. The number of hydrogen-bond donors (Lipinski definition) is 1. The number of amides is 1. The van der Waals surface area contributed by atoms with Crippen molar-refractivity contribution in [3.63, 3.8) is 0 Å². The van der Waals surface area contributed by atoms with Crippen LogP contribution in [0.3, 0.4) is 0 Å². The Hall–Kier alpha value is -3.09. The highest BCUT2D eigenvalue weighted by molar-refractivity contribution is 5.94. The number of rotatable bonds is 4. The van der Waals surface area contributed by atoms with Crippen molar-refractivity contribution in [3.05, 3.63) is 71.1 Å². The van der Waals surface area contributed by atoms with E-state index in [0.717, 1.165) is 23.3 Å². The number of halogens is 2. The standard InChI is InChI=1S/C17H13F2N3O2/c1-10-3-2-4-12(7-10)17-22-21-15(24-17)9-20-16(23)11-5-6-13(18)14(19)8-11/h2-8H,9H2,1H3,(H,20,23). The largest absolute Gasteiger partial charge is 0.419 e. The SMILES string of the molecule is Cc1cccc(-c2nnc(CNC(=O)c3ccc(F)c(F)c3)o2)c1. The Morgan fingerprint density at radius 3 is 2.71 bits per heavy atom. The molecule has 0 saturated carbocycles. The van der Waals surface area contributed by atoms with Crippen molar-refractivity contribution in [1.29, 1.82) is 0 Å². The second kappa shape index (κ2) is 6.57. The number of carbonyl (C=O) groups is 1. The fourth-order valence-electron chi connectivity index (χ4n) is 2.12. The fourth-order valence-corrected chi connectivity index (χ4v) is 2.12. The van der Waals surface area contributed by atoms with E-state index in [1.54, 1.807) is 0 Å². The van der Waals surface area contributed by atoms with Crippen LogP contribution in [0.5, 0.6) is 0 Å². The van der Waals surface area contributed by atoms with Crippen LogP contribution in [-0.4, -0.2) is 16.1 Å². The summed E-state index contributed by atoms with van der Waals surface area (Å²) < 4.78 is 31.5. The lowest BCUT2D eigenvalue weighted by molar-refractivity contribution is 0.0947. The first-order valence-corrected chi connectivity index (χ1v) is 7.15. The maximum absolute atomic E-state index is 13.1. The number of hydrogen-bond acceptors (Lipinski definition) is 4. The van der Waals surface area contributed by atoms with Gasteiger partial charge in [-0.2, -0.15) is 0 Å². The summed E-state index contributed by atoms with van der Waals surface area (Å²) in [6, 6.07) is 10.5. The zero-order valence-electron chi connectivity index (χ0n) is 12.7. The van der Waals surface area contributed by atoms with Gasteiger partial charge in [0.1, 0.15) is 0 Å². The minimum atomic E-state index is -1.08. The van der Waals surface area contributed by atoms with E-state index in [1.807, 2.05) is 31.2 Å². The molecular formula is C17H13F2N3O2. The molecule has 2 aromatic carbocycles. The van der Waals surface area contributed by atoms with E-state index < -0.39 is 17.5 Å². The average molecular weight is 329 g/mol. The van der Waals surface area contributed by atoms with Gasteiger partial charge in [0.2, 0.25) is 11.8 Å². The van der Waals surface area contributed by atoms with Crippen LogP contribution in [0.25, 0.3) is 11.5 Å².